The monoisotopic (exact) mass is 289 g/mol. The molecule has 0 aromatic carbocycles. The number of nitrogens with one attached hydrogen (secondary N) is 2. The third kappa shape index (κ3) is 4.66. The first-order chi connectivity index (χ1) is 7.26. The van der Waals surface area contributed by atoms with Crippen LogP contribution >= 0.6 is 27.3 Å². The topological polar surface area (TPSA) is 36.4 Å². The summed E-state index contributed by atoms with van der Waals surface area (Å²) >= 11 is 5.18. The summed E-state index contributed by atoms with van der Waals surface area (Å²) in [6.45, 7) is 3.91. The molecule has 3 nitrogen and oxygen atoms in total. The van der Waals surface area contributed by atoms with Crippen LogP contribution in [0, 0.1) is 0 Å². The molecule has 0 unspecified atom stereocenters. The van der Waals surface area contributed by atoms with Crippen molar-refractivity contribution in [1.29, 1.82) is 0 Å². The van der Waals surface area contributed by atoms with Gasteiger partial charge in [-0.1, -0.05) is 6.92 Å². The van der Waals surface area contributed by atoms with E-state index >= 15 is 0 Å². The molecule has 0 fully saturated rings. The van der Waals surface area contributed by atoms with E-state index in [4.69, 9.17) is 0 Å². The molecule has 1 heterocycles. The normalized spacial score (nSPS) is 11.5. The molecule has 15 heavy (non-hydrogen) atoms. The lowest BCUT2D eigenvalue weighted by atomic mass is 10.4. The Kier molecular flexibility index (Phi) is 5.71. The van der Waals surface area contributed by atoms with Crippen LogP contribution in [0.1, 0.15) is 18.2 Å². The summed E-state index contributed by atoms with van der Waals surface area (Å²) in [7, 11) is 1.79. The Labute approximate surface area is 103 Å². The van der Waals surface area contributed by atoms with E-state index in [1.54, 1.807) is 18.4 Å². The molecule has 5 heteroatoms. The molecular weight excluding hydrogens is 274 g/mol. The van der Waals surface area contributed by atoms with E-state index < -0.39 is 0 Å². The molecule has 0 amide bonds. The number of guanidine groups is 1. The number of thiophene rings is 1. The fraction of sp³-hybridized carbons (Fsp3) is 0.500. The van der Waals surface area contributed by atoms with Crippen LogP contribution in [0.15, 0.2) is 20.9 Å². The van der Waals surface area contributed by atoms with E-state index in [0.29, 0.717) is 0 Å². The third-order valence-corrected chi connectivity index (χ3v) is 3.45. The third-order valence-electron chi connectivity index (χ3n) is 1.82. The van der Waals surface area contributed by atoms with E-state index in [1.807, 2.05) is 0 Å². The summed E-state index contributed by atoms with van der Waals surface area (Å²) in [6, 6.07) is 4.17. The summed E-state index contributed by atoms with van der Waals surface area (Å²) in [5.41, 5.74) is 0. The average molecular weight is 290 g/mol. The van der Waals surface area contributed by atoms with Crippen molar-refractivity contribution < 1.29 is 0 Å². The zero-order chi connectivity index (χ0) is 11.1. The lowest BCUT2D eigenvalue weighted by molar-refractivity contribution is 0.785. The number of aliphatic imine (C=N–C) groups is 1. The maximum absolute atomic E-state index is 4.13. The van der Waals surface area contributed by atoms with E-state index in [1.165, 1.54) is 4.88 Å². The van der Waals surface area contributed by atoms with Gasteiger partial charge < -0.3 is 10.6 Å². The van der Waals surface area contributed by atoms with E-state index in [0.717, 1.165) is 29.3 Å². The largest absolute Gasteiger partial charge is 0.356 e. The first-order valence-electron chi connectivity index (χ1n) is 4.95. The first kappa shape index (κ1) is 12.5. The molecule has 0 spiro atoms. The van der Waals surface area contributed by atoms with Gasteiger partial charge in [-0.15, -0.1) is 11.3 Å². The number of rotatable bonds is 4. The minimum absolute atomic E-state index is 0.819. The van der Waals surface area contributed by atoms with Crippen molar-refractivity contribution in [3.8, 4) is 0 Å². The lowest BCUT2D eigenvalue weighted by Crippen LogP contribution is -2.36. The Morgan fingerprint density at radius 3 is 2.80 bits per heavy atom. The summed E-state index contributed by atoms with van der Waals surface area (Å²) < 4.78 is 1.16. The van der Waals surface area contributed by atoms with Gasteiger partial charge in [-0.3, -0.25) is 4.99 Å². The van der Waals surface area contributed by atoms with Gasteiger partial charge in [0.15, 0.2) is 5.96 Å². The molecule has 1 rings (SSSR count). The maximum atomic E-state index is 4.13. The molecule has 84 valence electrons. The number of nitrogens with zero attached hydrogens (tertiary/aromatic N) is 1. The molecule has 1 aromatic rings. The van der Waals surface area contributed by atoms with Crippen molar-refractivity contribution in [2.45, 2.75) is 19.9 Å². The summed E-state index contributed by atoms with van der Waals surface area (Å²) in [4.78, 5) is 5.43. The lowest BCUT2D eigenvalue weighted by Gasteiger charge is -2.09. The minimum atomic E-state index is 0.819. The Hall–Kier alpha value is -0.550. The predicted molar refractivity (Wildman–Crippen MR) is 70.5 cm³/mol. The van der Waals surface area contributed by atoms with Crippen molar-refractivity contribution in [3.63, 3.8) is 0 Å². The highest BCUT2D eigenvalue weighted by Crippen LogP contribution is 2.21. The second-order valence-corrected chi connectivity index (χ2v) is 5.61. The fourth-order valence-electron chi connectivity index (χ4n) is 1.08. The molecule has 0 saturated carbocycles. The fourth-order valence-corrected chi connectivity index (χ4v) is 2.50. The molecule has 1 aromatic heterocycles. The maximum Gasteiger partial charge on any atom is 0.191 e. The Morgan fingerprint density at radius 1 is 1.47 bits per heavy atom. The summed E-state index contributed by atoms with van der Waals surface area (Å²) in [5, 5.41) is 6.49. The van der Waals surface area contributed by atoms with Crippen LogP contribution in [0.2, 0.25) is 0 Å². The van der Waals surface area contributed by atoms with E-state index in [9.17, 15) is 0 Å². The van der Waals surface area contributed by atoms with Gasteiger partial charge in [0.1, 0.15) is 0 Å². The van der Waals surface area contributed by atoms with Crippen LogP contribution in [-0.4, -0.2) is 19.6 Å². The van der Waals surface area contributed by atoms with Gasteiger partial charge in [-0.05, 0) is 34.5 Å². The Balaban J connectivity index is 2.34. The molecular formula is C10H16BrN3S. The second kappa shape index (κ2) is 6.85. The molecule has 0 aliphatic rings. The molecule has 0 radical (unpaired) electrons. The average Bonchev–Trinajstić information content (AvgIpc) is 2.65. The second-order valence-electron chi connectivity index (χ2n) is 3.06. The van der Waals surface area contributed by atoms with Gasteiger partial charge in [0, 0.05) is 18.5 Å². The van der Waals surface area contributed by atoms with Crippen molar-refractivity contribution in [2.75, 3.05) is 13.6 Å². The standard InChI is InChI=1S/C10H16BrN3S/c1-3-6-13-10(12-2)14-7-8-4-5-9(11)15-8/h4-5H,3,6-7H2,1-2H3,(H2,12,13,14). The van der Waals surface area contributed by atoms with Crippen LogP contribution in [-0.2, 0) is 6.54 Å². The summed E-state index contributed by atoms with van der Waals surface area (Å²) in [5.74, 6) is 0.862. The van der Waals surface area contributed by atoms with E-state index in [2.05, 4.69) is 50.6 Å². The highest BCUT2D eigenvalue weighted by atomic mass is 79.9. The Morgan fingerprint density at radius 2 is 2.27 bits per heavy atom. The highest BCUT2D eigenvalue weighted by molar-refractivity contribution is 9.11. The van der Waals surface area contributed by atoms with Crippen molar-refractivity contribution in [1.82, 2.24) is 10.6 Å². The van der Waals surface area contributed by atoms with Gasteiger partial charge in [-0.25, -0.2) is 0 Å². The minimum Gasteiger partial charge on any atom is -0.356 e. The summed E-state index contributed by atoms with van der Waals surface area (Å²) in [6.07, 6.45) is 1.10. The van der Waals surface area contributed by atoms with Crippen LogP contribution in [0.4, 0.5) is 0 Å². The zero-order valence-electron chi connectivity index (χ0n) is 9.01. The molecule has 0 bridgehead atoms. The molecule has 0 atom stereocenters. The van der Waals surface area contributed by atoms with Gasteiger partial charge in [0.25, 0.3) is 0 Å². The number of halogens is 1. The molecule has 2 N–H and O–H groups in total. The van der Waals surface area contributed by atoms with Crippen LogP contribution in [0.25, 0.3) is 0 Å². The van der Waals surface area contributed by atoms with Crippen molar-refractivity contribution in [2.24, 2.45) is 4.99 Å². The van der Waals surface area contributed by atoms with Gasteiger partial charge >= 0.3 is 0 Å². The van der Waals surface area contributed by atoms with Crippen molar-refractivity contribution in [3.05, 3.63) is 20.8 Å². The molecule has 0 saturated heterocycles. The number of hydrogen-bond acceptors (Lipinski definition) is 2. The SMILES string of the molecule is CCCNC(=NC)NCc1ccc(Br)s1. The molecule has 0 aliphatic carbocycles. The van der Waals surface area contributed by atoms with Crippen molar-refractivity contribution >= 4 is 33.2 Å². The van der Waals surface area contributed by atoms with Gasteiger partial charge in [-0.2, -0.15) is 0 Å². The van der Waals surface area contributed by atoms with E-state index in [-0.39, 0.29) is 0 Å². The smallest absolute Gasteiger partial charge is 0.191 e. The highest BCUT2D eigenvalue weighted by Gasteiger charge is 1.99. The predicted octanol–water partition coefficient (Wildman–Crippen LogP) is 2.59. The van der Waals surface area contributed by atoms with Gasteiger partial charge in [0.05, 0.1) is 10.3 Å². The van der Waals surface area contributed by atoms with Crippen LogP contribution in [0.3, 0.4) is 0 Å². The molecule has 0 aliphatic heterocycles. The Bertz CT molecular complexity index is 322. The first-order valence-corrected chi connectivity index (χ1v) is 6.56. The van der Waals surface area contributed by atoms with Crippen LogP contribution < -0.4 is 10.6 Å². The van der Waals surface area contributed by atoms with Crippen LogP contribution in [0.5, 0.6) is 0 Å². The quantitative estimate of drug-likeness (QED) is 0.660. The number of hydrogen-bond donors (Lipinski definition) is 2. The van der Waals surface area contributed by atoms with Gasteiger partial charge in [0.2, 0.25) is 0 Å². The zero-order valence-corrected chi connectivity index (χ0v) is 11.4.